The number of benzene rings is 1. The Morgan fingerprint density at radius 1 is 1.23 bits per heavy atom. The highest BCUT2D eigenvalue weighted by Crippen LogP contribution is 2.27. The van der Waals surface area contributed by atoms with Gasteiger partial charge in [-0.1, -0.05) is 6.92 Å². The van der Waals surface area contributed by atoms with Gasteiger partial charge in [0.15, 0.2) is 5.82 Å². The molecule has 1 aromatic carbocycles. The van der Waals surface area contributed by atoms with Crippen LogP contribution in [-0.2, 0) is 11.3 Å². The number of aromatic nitrogens is 1. The smallest absolute Gasteiger partial charge is 0.407 e. The van der Waals surface area contributed by atoms with Crippen LogP contribution in [0.2, 0.25) is 0 Å². The van der Waals surface area contributed by atoms with Gasteiger partial charge in [0.2, 0.25) is 5.43 Å². The van der Waals surface area contributed by atoms with E-state index in [2.05, 4.69) is 10.6 Å². The van der Waals surface area contributed by atoms with Crippen LogP contribution < -0.4 is 16.1 Å². The van der Waals surface area contributed by atoms with Gasteiger partial charge < -0.3 is 25.0 Å². The second-order valence-electron chi connectivity index (χ2n) is 7.67. The zero-order valence-corrected chi connectivity index (χ0v) is 17.3. The Morgan fingerprint density at radius 3 is 2.47 bits per heavy atom. The number of nitrogens with one attached hydrogen (secondary N) is 2. The molecule has 0 aliphatic heterocycles. The average molecular weight is 425 g/mol. The first kappa shape index (κ1) is 23.1. The molecule has 1 amide bonds. The van der Waals surface area contributed by atoms with Gasteiger partial charge in [-0.25, -0.2) is 18.4 Å². The number of amides is 1. The highest BCUT2D eigenvalue weighted by Gasteiger charge is 2.22. The van der Waals surface area contributed by atoms with E-state index < -0.39 is 46.0 Å². The Balaban J connectivity index is 2.33. The van der Waals surface area contributed by atoms with E-state index in [4.69, 9.17) is 4.74 Å². The Bertz CT molecular complexity index is 1030. The number of hydrogen-bond acceptors (Lipinski definition) is 5. The molecular weight excluding hydrogens is 400 g/mol. The topological polar surface area (TPSA) is 110 Å². The molecule has 164 valence electrons. The summed E-state index contributed by atoms with van der Waals surface area (Å²) >= 11 is 0. The molecule has 8 nitrogen and oxygen atoms in total. The molecule has 0 aliphatic carbocycles. The van der Waals surface area contributed by atoms with Crippen LogP contribution in [0.1, 0.15) is 44.5 Å². The molecule has 3 N–H and O–H groups in total. The number of nitrogens with zero attached hydrogens (tertiary/aromatic N) is 1. The van der Waals surface area contributed by atoms with Gasteiger partial charge in [-0.2, -0.15) is 0 Å². The number of aromatic carboxylic acids is 1. The van der Waals surface area contributed by atoms with Crippen molar-refractivity contribution in [3.63, 3.8) is 0 Å². The van der Waals surface area contributed by atoms with E-state index in [1.165, 1.54) is 4.57 Å². The van der Waals surface area contributed by atoms with Crippen LogP contribution in [0.15, 0.2) is 17.1 Å². The molecule has 30 heavy (non-hydrogen) atoms. The van der Waals surface area contributed by atoms with Crippen molar-refractivity contribution in [3.8, 4) is 0 Å². The van der Waals surface area contributed by atoms with Crippen molar-refractivity contribution in [2.45, 2.75) is 46.3 Å². The van der Waals surface area contributed by atoms with Crippen LogP contribution in [0.5, 0.6) is 0 Å². The molecule has 0 bridgehead atoms. The molecular formula is C20H25F2N3O5. The number of ether oxygens (including phenoxy) is 1. The van der Waals surface area contributed by atoms with Gasteiger partial charge in [0.05, 0.1) is 10.9 Å². The number of aryl methyl sites for hydroxylation is 1. The number of pyridine rings is 1. The second-order valence-corrected chi connectivity index (χ2v) is 7.67. The van der Waals surface area contributed by atoms with Crippen molar-refractivity contribution in [1.82, 2.24) is 9.88 Å². The Labute approximate surface area is 171 Å². The van der Waals surface area contributed by atoms with Crippen molar-refractivity contribution < 1.29 is 28.2 Å². The summed E-state index contributed by atoms with van der Waals surface area (Å²) in [5, 5.41) is 13.9. The van der Waals surface area contributed by atoms with Crippen molar-refractivity contribution in [1.29, 1.82) is 0 Å². The molecule has 2 rings (SSSR count). The lowest BCUT2D eigenvalue weighted by atomic mass is 10.1. The fraction of sp³-hybridized carbons (Fsp3) is 0.450. The lowest BCUT2D eigenvalue weighted by Gasteiger charge is -2.20. The van der Waals surface area contributed by atoms with E-state index in [9.17, 15) is 23.9 Å². The lowest BCUT2D eigenvalue weighted by molar-refractivity contribution is 0.0529. The zero-order chi connectivity index (χ0) is 22.6. The summed E-state index contributed by atoms with van der Waals surface area (Å²) in [5.74, 6) is -3.52. The van der Waals surface area contributed by atoms with E-state index in [0.29, 0.717) is 6.42 Å². The van der Waals surface area contributed by atoms with Crippen molar-refractivity contribution in [3.05, 3.63) is 39.7 Å². The molecule has 0 atom stereocenters. The van der Waals surface area contributed by atoms with Crippen LogP contribution in [0.3, 0.4) is 0 Å². The average Bonchev–Trinajstić information content (AvgIpc) is 2.61. The highest BCUT2D eigenvalue weighted by atomic mass is 19.1. The minimum atomic E-state index is -1.47. The van der Waals surface area contributed by atoms with Crippen LogP contribution >= 0.6 is 0 Å². The number of alkyl carbamates (subject to hydrolysis) is 1. The van der Waals surface area contributed by atoms with Crippen LogP contribution in [0.25, 0.3) is 10.9 Å². The van der Waals surface area contributed by atoms with E-state index in [1.807, 2.05) is 0 Å². The number of carboxylic acids is 1. The fourth-order valence-electron chi connectivity index (χ4n) is 2.88. The van der Waals surface area contributed by atoms with Gasteiger partial charge in [-0.15, -0.1) is 0 Å². The maximum atomic E-state index is 15.1. The number of halogens is 2. The largest absolute Gasteiger partial charge is 0.477 e. The number of hydrogen-bond donors (Lipinski definition) is 3. The van der Waals surface area contributed by atoms with Gasteiger partial charge in [-0.05, 0) is 33.3 Å². The third-order valence-electron chi connectivity index (χ3n) is 4.04. The van der Waals surface area contributed by atoms with E-state index >= 15 is 4.39 Å². The molecule has 2 aromatic rings. The monoisotopic (exact) mass is 425 g/mol. The predicted octanol–water partition coefficient (Wildman–Crippen LogP) is 3.32. The number of carbonyl (C=O) groups excluding carboxylic acids is 1. The number of carbonyl (C=O) groups is 2. The minimum absolute atomic E-state index is 0.0101. The summed E-state index contributed by atoms with van der Waals surface area (Å²) in [6.45, 7) is 7.17. The molecule has 10 heteroatoms. The van der Waals surface area contributed by atoms with Gasteiger partial charge in [-0.3, -0.25) is 4.79 Å². The summed E-state index contributed by atoms with van der Waals surface area (Å²) in [6.07, 6.45) is 0.934. The summed E-state index contributed by atoms with van der Waals surface area (Å²) in [5.41, 5.74) is -2.85. The van der Waals surface area contributed by atoms with Gasteiger partial charge in [0.1, 0.15) is 22.7 Å². The van der Waals surface area contributed by atoms with Gasteiger partial charge in [0.25, 0.3) is 0 Å². The van der Waals surface area contributed by atoms with Gasteiger partial charge in [0, 0.05) is 25.8 Å². The molecule has 0 radical (unpaired) electrons. The van der Waals surface area contributed by atoms with Crippen LogP contribution in [0.4, 0.5) is 19.3 Å². The third-order valence-corrected chi connectivity index (χ3v) is 4.04. The molecule has 1 aromatic heterocycles. The molecule has 0 spiro atoms. The Kier molecular flexibility index (Phi) is 7.01. The first-order valence-corrected chi connectivity index (χ1v) is 9.45. The Hall–Kier alpha value is -3.17. The first-order valence-electron chi connectivity index (χ1n) is 9.45. The normalized spacial score (nSPS) is 11.4. The minimum Gasteiger partial charge on any atom is -0.477 e. The Morgan fingerprint density at radius 2 is 1.90 bits per heavy atom. The van der Waals surface area contributed by atoms with E-state index in [1.54, 1.807) is 27.7 Å². The number of carboxylic acid groups (broad SMARTS) is 1. The molecule has 0 aliphatic rings. The predicted molar refractivity (Wildman–Crippen MR) is 108 cm³/mol. The molecule has 0 saturated heterocycles. The summed E-state index contributed by atoms with van der Waals surface area (Å²) in [7, 11) is 0. The highest BCUT2D eigenvalue weighted by molar-refractivity contribution is 5.93. The number of anilines is 1. The van der Waals surface area contributed by atoms with Crippen molar-refractivity contribution >= 4 is 28.7 Å². The molecule has 1 heterocycles. The molecule has 0 unspecified atom stereocenters. The molecule has 0 saturated carbocycles. The van der Waals surface area contributed by atoms with E-state index in [-0.39, 0.29) is 30.5 Å². The van der Waals surface area contributed by atoms with Crippen molar-refractivity contribution in [2.75, 3.05) is 18.4 Å². The first-order chi connectivity index (χ1) is 14.0. The third kappa shape index (κ3) is 5.25. The number of rotatable bonds is 7. The maximum Gasteiger partial charge on any atom is 0.407 e. The summed E-state index contributed by atoms with van der Waals surface area (Å²) < 4.78 is 36.0. The van der Waals surface area contributed by atoms with Gasteiger partial charge >= 0.3 is 12.1 Å². The standard InChI is InChI=1S/C20H25F2N3O5/c1-5-8-25-10-12(18(27)28)17(26)11-9-13(21)15(14(22)16(11)25)23-6-7-24-19(29)30-20(2,3)4/h9-10,23H,5-8H2,1-4H3,(H,24,29)(H,27,28). The molecule has 0 fully saturated rings. The summed E-state index contributed by atoms with van der Waals surface area (Å²) in [6, 6.07) is 0.822. The number of fused-ring (bicyclic) bond motifs is 1. The van der Waals surface area contributed by atoms with Crippen LogP contribution in [-0.4, -0.2) is 40.4 Å². The van der Waals surface area contributed by atoms with Crippen LogP contribution in [0, 0.1) is 11.6 Å². The van der Waals surface area contributed by atoms with Crippen molar-refractivity contribution in [2.24, 2.45) is 0 Å². The SMILES string of the molecule is CCCn1cc(C(=O)O)c(=O)c2cc(F)c(NCCNC(=O)OC(C)(C)C)c(F)c21. The van der Waals surface area contributed by atoms with E-state index in [0.717, 1.165) is 12.3 Å². The lowest BCUT2D eigenvalue weighted by Crippen LogP contribution is -2.35. The fourth-order valence-corrected chi connectivity index (χ4v) is 2.88. The summed E-state index contributed by atoms with van der Waals surface area (Å²) in [4.78, 5) is 35.3. The quantitative estimate of drug-likeness (QED) is 0.587. The second kappa shape index (κ2) is 9.10. The zero-order valence-electron chi connectivity index (χ0n) is 17.3. The maximum absolute atomic E-state index is 15.1.